The zero-order chi connectivity index (χ0) is 24.0. The average molecular weight is 488 g/mol. The number of aromatic nitrogens is 5. The summed E-state index contributed by atoms with van der Waals surface area (Å²) < 4.78 is 33.7. The number of hydrogen-bond acceptors (Lipinski definition) is 6. The third-order valence-corrected chi connectivity index (χ3v) is 8.66. The van der Waals surface area contributed by atoms with E-state index in [-0.39, 0.29) is 5.25 Å². The Morgan fingerprint density at radius 1 is 1.17 bits per heavy atom. The molecule has 178 valence electrons. The SMILES string of the molecule is Cc1cnc2[nH]c3c(OCCCn4ccnn4)ccc(-c4cccc(S(=O)(=O)C5CC5)c4)c3c2c1. The lowest BCUT2D eigenvalue weighted by Gasteiger charge is -2.12. The summed E-state index contributed by atoms with van der Waals surface area (Å²) in [6.45, 7) is 3.25. The summed E-state index contributed by atoms with van der Waals surface area (Å²) in [5, 5.41) is 9.53. The minimum atomic E-state index is -3.28. The van der Waals surface area contributed by atoms with Gasteiger partial charge in [-0.3, -0.25) is 4.68 Å². The fraction of sp³-hybridized carbons (Fsp3) is 0.269. The highest BCUT2D eigenvalue weighted by Crippen LogP contribution is 2.40. The van der Waals surface area contributed by atoms with E-state index < -0.39 is 9.84 Å². The molecule has 1 N–H and O–H groups in total. The van der Waals surface area contributed by atoms with Crippen LogP contribution < -0.4 is 4.74 Å². The van der Waals surface area contributed by atoms with Gasteiger partial charge in [-0.1, -0.05) is 17.3 Å². The molecule has 0 aliphatic heterocycles. The molecule has 1 saturated carbocycles. The Balaban J connectivity index is 1.41. The van der Waals surface area contributed by atoms with E-state index in [1.165, 1.54) is 0 Å². The van der Waals surface area contributed by atoms with E-state index in [2.05, 4.69) is 26.3 Å². The highest BCUT2D eigenvalue weighted by Gasteiger charge is 2.37. The van der Waals surface area contributed by atoms with Crippen molar-refractivity contribution in [2.45, 2.75) is 42.9 Å². The molecular weight excluding hydrogens is 462 g/mol. The molecule has 9 heteroatoms. The molecule has 0 amide bonds. The van der Waals surface area contributed by atoms with Crippen LogP contribution in [0.2, 0.25) is 0 Å². The van der Waals surface area contributed by atoms with E-state index in [4.69, 9.17) is 4.74 Å². The van der Waals surface area contributed by atoms with Crippen LogP contribution in [0.15, 0.2) is 66.0 Å². The van der Waals surface area contributed by atoms with Gasteiger partial charge in [0.15, 0.2) is 9.84 Å². The van der Waals surface area contributed by atoms with Crippen LogP contribution in [0.5, 0.6) is 5.75 Å². The third-order valence-electron chi connectivity index (χ3n) is 6.40. The second-order valence-electron chi connectivity index (χ2n) is 9.04. The first kappa shape index (κ1) is 21.8. The lowest BCUT2D eigenvalue weighted by atomic mass is 9.99. The second-order valence-corrected chi connectivity index (χ2v) is 11.3. The minimum Gasteiger partial charge on any atom is -0.491 e. The molecule has 6 rings (SSSR count). The van der Waals surface area contributed by atoms with Crippen LogP contribution in [-0.2, 0) is 16.4 Å². The molecule has 8 nitrogen and oxygen atoms in total. The monoisotopic (exact) mass is 487 g/mol. The van der Waals surface area contributed by atoms with Crippen LogP contribution in [0.3, 0.4) is 0 Å². The van der Waals surface area contributed by atoms with Gasteiger partial charge in [0, 0.05) is 36.1 Å². The summed E-state index contributed by atoms with van der Waals surface area (Å²) in [6.07, 6.45) is 7.59. The van der Waals surface area contributed by atoms with E-state index in [0.29, 0.717) is 11.5 Å². The molecule has 0 atom stereocenters. The largest absolute Gasteiger partial charge is 0.491 e. The van der Waals surface area contributed by atoms with Crippen LogP contribution in [0.4, 0.5) is 0 Å². The summed E-state index contributed by atoms with van der Waals surface area (Å²) in [5.41, 5.74) is 4.48. The van der Waals surface area contributed by atoms with Crippen molar-refractivity contribution in [1.29, 1.82) is 0 Å². The minimum absolute atomic E-state index is 0.244. The van der Waals surface area contributed by atoms with Crippen LogP contribution >= 0.6 is 0 Å². The van der Waals surface area contributed by atoms with Gasteiger partial charge in [-0.2, -0.15) is 0 Å². The maximum atomic E-state index is 12.9. The Bertz CT molecular complexity index is 1640. The molecule has 5 aromatic rings. The molecule has 3 aromatic heterocycles. The number of nitrogens with one attached hydrogen (secondary N) is 1. The van der Waals surface area contributed by atoms with E-state index >= 15 is 0 Å². The number of pyridine rings is 1. The molecule has 1 aliphatic rings. The van der Waals surface area contributed by atoms with Crippen molar-refractivity contribution in [2.24, 2.45) is 0 Å². The van der Waals surface area contributed by atoms with Gasteiger partial charge < -0.3 is 9.72 Å². The number of H-pyrrole nitrogens is 1. The van der Waals surface area contributed by atoms with Crippen molar-refractivity contribution in [1.82, 2.24) is 25.0 Å². The number of aromatic amines is 1. The predicted octanol–water partition coefficient (Wildman–Crippen LogP) is 4.69. The molecule has 0 unspecified atom stereocenters. The Morgan fingerprint density at radius 2 is 2.06 bits per heavy atom. The maximum absolute atomic E-state index is 12.9. The quantitative estimate of drug-likeness (QED) is 0.319. The highest BCUT2D eigenvalue weighted by atomic mass is 32.2. The highest BCUT2D eigenvalue weighted by molar-refractivity contribution is 7.92. The van der Waals surface area contributed by atoms with Crippen molar-refractivity contribution < 1.29 is 13.2 Å². The molecule has 0 radical (unpaired) electrons. The first-order valence-corrected chi connectivity index (χ1v) is 13.3. The number of ether oxygens (including phenoxy) is 1. The molecule has 0 spiro atoms. The van der Waals surface area contributed by atoms with Crippen LogP contribution in [0.1, 0.15) is 24.8 Å². The third kappa shape index (κ3) is 4.05. The van der Waals surface area contributed by atoms with Gasteiger partial charge in [0.2, 0.25) is 0 Å². The fourth-order valence-electron chi connectivity index (χ4n) is 4.50. The standard InChI is InChI=1S/C26H25N5O3S/c1-17-14-22-24-21(18-4-2-5-20(15-18)35(32,33)19-6-7-19)8-9-23(25(24)29-26(22)27-16-17)34-13-3-11-31-12-10-28-30-31/h2,4-5,8-10,12,14-16,19H,3,6-7,11,13H2,1H3,(H,27,29). The van der Waals surface area contributed by atoms with Crippen molar-refractivity contribution in [3.63, 3.8) is 0 Å². The van der Waals surface area contributed by atoms with Gasteiger partial charge in [-0.05, 0) is 66.8 Å². The van der Waals surface area contributed by atoms with Gasteiger partial charge in [-0.15, -0.1) is 5.10 Å². The fourth-order valence-corrected chi connectivity index (χ4v) is 6.20. The summed E-state index contributed by atoms with van der Waals surface area (Å²) in [6, 6.07) is 13.3. The number of benzene rings is 2. The Hall–Kier alpha value is -3.72. The summed E-state index contributed by atoms with van der Waals surface area (Å²) in [4.78, 5) is 8.40. The number of aryl methyl sites for hydroxylation is 2. The number of fused-ring (bicyclic) bond motifs is 3. The zero-order valence-corrected chi connectivity index (χ0v) is 20.1. The molecular formula is C26H25N5O3S. The van der Waals surface area contributed by atoms with E-state index in [0.717, 1.165) is 70.2 Å². The number of hydrogen-bond donors (Lipinski definition) is 1. The van der Waals surface area contributed by atoms with Gasteiger partial charge in [0.25, 0.3) is 0 Å². The lowest BCUT2D eigenvalue weighted by molar-refractivity contribution is 0.300. The normalized spacial score (nSPS) is 14.1. The molecule has 35 heavy (non-hydrogen) atoms. The molecule has 2 aromatic carbocycles. The van der Waals surface area contributed by atoms with E-state index in [1.807, 2.05) is 43.6 Å². The van der Waals surface area contributed by atoms with Gasteiger partial charge >= 0.3 is 0 Å². The smallest absolute Gasteiger partial charge is 0.181 e. The topological polar surface area (TPSA) is 103 Å². The number of sulfone groups is 1. The Morgan fingerprint density at radius 3 is 2.86 bits per heavy atom. The first-order valence-electron chi connectivity index (χ1n) is 11.7. The summed E-state index contributed by atoms with van der Waals surface area (Å²) in [7, 11) is -3.28. The zero-order valence-electron chi connectivity index (χ0n) is 19.3. The van der Waals surface area contributed by atoms with Crippen LogP contribution in [-0.4, -0.2) is 45.2 Å². The molecule has 0 saturated heterocycles. The summed E-state index contributed by atoms with van der Waals surface area (Å²) >= 11 is 0. The number of nitrogens with zero attached hydrogens (tertiary/aromatic N) is 4. The van der Waals surface area contributed by atoms with Crippen LogP contribution in [0, 0.1) is 6.92 Å². The van der Waals surface area contributed by atoms with Crippen LogP contribution in [0.25, 0.3) is 33.1 Å². The van der Waals surface area contributed by atoms with Crippen molar-refractivity contribution in [3.05, 3.63) is 66.6 Å². The molecule has 0 bridgehead atoms. The number of rotatable bonds is 8. The van der Waals surface area contributed by atoms with Gasteiger partial charge in [0.1, 0.15) is 11.4 Å². The van der Waals surface area contributed by atoms with Crippen molar-refractivity contribution in [2.75, 3.05) is 6.61 Å². The lowest BCUT2D eigenvalue weighted by Crippen LogP contribution is -2.07. The van der Waals surface area contributed by atoms with Crippen molar-refractivity contribution >= 4 is 31.8 Å². The molecule has 3 heterocycles. The first-order chi connectivity index (χ1) is 17.0. The van der Waals surface area contributed by atoms with Crippen molar-refractivity contribution in [3.8, 4) is 16.9 Å². The molecule has 1 fully saturated rings. The molecule has 1 aliphatic carbocycles. The van der Waals surface area contributed by atoms with Gasteiger partial charge in [-0.25, -0.2) is 13.4 Å². The average Bonchev–Trinajstić information content (AvgIpc) is 3.49. The van der Waals surface area contributed by atoms with E-state index in [1.54, 1.807) is 23.0 Å². The second kappa shape index (κ2) is 8.49. The Kier molecular flexibility index (Phi) is 5.29. The van der Waals surface area contributed by atoms with E-state index in [9.17, 15) is 8.42 Å². The maximum Gasteiger partial charge on any atom is 0.181 e. The summed E-state index contributed by atoms with van der Waals surface area (Å²) in [5.74, 6) is 0.736. The van der Waals surface area contributed by atoms with Gasteiger partial charge in [0.05, 0.1) is 28.5 Å². The Labute approximate surface area is 202 Å². The predicted molar refractivity (Wildman–Crippen MR) is 134 cm³/mol.